The number of carbonyl (C=O) groups excluding carboxylic acids is 12. The number of halogens is 2. The number of amides is 12. The first-order chi connectivity index (χ1) is 45.7. The zero-order valence-electron chi connectivity index (χ0n) is 55.5. The van der Waals surface area contributed by atoms with Crippen molar-refractivity contribution in [1.29, 1.82) is 0 Å². The van der Waals surface area contributed by atoms with E-state index in [4.69, 9.17) is 34.5 Å². The van der Waals surface area contributed by atoms with Gasteiger partial charge in [-0.05, 0) is 86.6 Å². The number of aliphatic imine (C=N–C) groups is 1. The number of aliphatic hydroxyl groups excluding tert-OH is 2. The van der Waals surface area contributed by atoms with Gasteiger partial charge in [-0.1, -0.05) is 71.3 Å². The normalized spacial score (nSPS) is 14.4. The van der Waals surface area contributed by atoms with Gasteiger partial charge in [0.1, 0.15) is 54.2 Å². The molecule has 0 saturated carbocycles. The maximum atomic E-state index is 14.5. The van der Waals surface area contributed by atoms with Crippen LogP contribution in [0.1, 0.15) is 115 Å². The lowest BCUT2D eigenvalue weighted by atomic mass is 9.96. The molecule has 0 aliphatic heterocycles. The van der Waals surface area contributed by atoms with Crippen LogP contribution in [0.4, 0.5) is 4.39 Å². The van der Waals surface area contributed by atoms with Crippen molar-refractivity contribution in [2.75, 3.05) is 19.7 Å². The Kier molecular flexibility index (Phi) is 31.8. The van der Waals surface area contributed by atoms with Gasteiger partial charge in [-0.25, -0.2) is 9.37 Å². The topological polar surface area (TPSA) is 516 Å². The Bertz CT molecular complexity index is 3450. The first-order valence-electron chi connectivity index (χ1n) is 31.5. The van der Waals surface area contributed by atoms with Crippen LogP contribution in [0.25, 0.3) is 10.9 Å². The molecule has 4 rings (SSSR count). The van der Waals surface area contributed by atoms with E-state index >= 15 is 0 Å². The molecule has 2 heterocycles. The molecule has 0 bridgehead atoms. The Morgan fingerprint density at radius 1 is 0.670 bits per heavy atom. The number of hydrogen-bond acceptors (Lipinski definition) is 16. The minimum Gasteiger partial charge on any atom is -0.394 e. The van der Waals surface area contributed by atoms with Crippen LogP contribution in [0.15, 0.2) is 66.2 Å². The number of aryl methyl sites for hydroxylation is 1. The molecule has 0 fully saturated rings. The molecule has 10 atom stereocenters. The molecule has 97 heavy (non-hydrogen) atoms. The molecule has 0 radical (unpaired) electrons. The number of aromatic amines is 1. The number of hydrogen-bond donors (Lipinski definition) is 17. The van der Waals surface area contributed by atoms with E-state index in [-0.39, 0.29) is 73.5 Å². The highest BCUT2D eigenvalue weighted by atomic mass is 35.5. The summed E-state index contributed by atoms with van der Waals surface area (Å²) in [6.07, 6.45) is 1.68. The van der Waals surface area contributed by atoms with E-state index in [1.54, 1.807) is 55.9 Å². The average Bonchev–Trinajstić information content (AvgIpc) is 1.71. The molecule has 21 N–H and O–H groups in total. The number of aliphatic hydroxyl groups is 2. The zero-order valence-corrected chi connectivity index (χ0v) is 56.2. The molecular weight excluding hydrogens is 1290 g/mol. The van der Waals surface area contributed by atoms with Crippen LogP contribution >= 0.6 is 11.6 Å². The smallest absolute Gasteiger partial charge is 0.251 e. The molecule has 0 aliphatic rings. The lowest BCUT2D eigenvalue weighted by molar-refractivity contribution is -0.136. The van der Waals surface area contributed by atoms with E-state index in [0.717, 1.165) is 18.2 Å². The fraction of sp³-hybridized carbons (Fsp3) is 0.524. The summed E-state index contributed by atoms with van der Waals surface area (Å²) in [5.41, 5.74) is 23.4. The van der Waals surface area contributed by atoms with Crippen molar-refractivity contribution in [1.82, 2.24) is 67.7 Å². The summed E-state index contributed by atoms with van der Waals surface area (Å²) < 4.78 is 15.6. The number of primary amides is 2. The fourth-order valence-electron chi connectivity index (χ4n) is 10.1. The van der Waals surface area contributed by atoms with Crippen molar-refractivity contribution >= 4 is 99.3 Å². The lowest BCUT2D eigenvalue weighted by Crippen LogP contribution is -2.60. The number of nitrogens with two attached hydrogens (primary N) is 4. The number of benzene rings is 2. The van der Waals surface area contributed by atoms with Crippen LogP contribution in [0.5, 0.6) is 0 Å². The standard InChI is InChI=1S/C63H92ClFN18O14/c1-31(2)20-44(49(85)25-51(87)75-45(54(67)89)21-32(3)4)79-60(95)47(24-37-27-70-30-83(37)8)76-52(88)28-73-62(97)53(33(5)6)82-55(90)34(7)74-59(94)46(23-36-26-72-41-13-10-9-12-38(36)41)80-58(93)43(17-18-50(66)86)78-61(96)48(29-84)81-57(92)42(14-11-19-71-63(68)69)77-56(91)35-15-16-40(65)39(64)22-35/h9-10,12-13,15-16,22,26-27,30-34,42-49,53,72,84-85H,11,14,17-21,23-25,28-29H2,1-8H3,(H2,66,86)(H2,67,89)(H,73,97)(H,74,94)(H,75,87)(H,76,88)(H,77,91)(H,78,96)(H,79,95)(H,80,93)(H,81,92)(H,82,90)(H4,68,69,71)/t34-,42-,43-,44-,45-,46-,47-,48-,49-,53-/m0/s1/i65-1. The lowest BCUT2D eigenvalue weighted by Gasteiger charge is -2.28. The van der Waals surface area contributed by atoms with Crippen LogP contribution in [0.2, 0.25) is 5.02 Å². The van der Waals surface area contributed by atoms with Crippen LogP contribution in [0.3, 0.4) is 0 Å². The van der Waals surface area contributed by atoms with Crippen LogP contribution in [0, 0.1) is 23.6 Å². The third-order valence-electron chi connectivity index (χ3n) is 15.3. The second kappa shape index (κ2) is 38.7. The molecule has 2 aromatic carbocycles. The highest BCUT2D eigenvalue weighted by Gasteiger charge is 2.36. The molecule has 12 amide bonds. The second-order valence-electron chi connectivity index (χ2n) is 24.7. The third-order valence-corrected chi connectivity index (χ3v) is 15.6. The number of carbonyl (C=O) groups is 12. The van der Waals surface area contributed by atoms with Gasteiger partial charge in [0, 0.05) is 67.4 Å². The van der Waals surface area contributed by atoms with Crippen LogP contribution in [-0.2, 0) is 72.6 Å². The van der Waals surface area contributed by atoms with E-state index in [9.17, 15) is 72.1 Å². The number of para-hydroxylation sites is 1. The molecule has 0 spiro atoms. The monoisotopic (exact) mass is 1380 g/mol. The first-order valence-corrected chi connectivity index (χ1v) is 31.9. The van der Waals surface area contributed by atoms with Gasteiger partial charge in [0.05, 0.1) is 43.1 Å². The minimum absolute atomic E-state index is 0.00520. The van der Waals surface area contributed by atoms with Crippen molar-refractivity contribution < 1.29 is 72.1 Å². The second-order valence-corrected chi connectivity index (χ2v) is 25.1. The van der Waals surface area contributed by atoms with Gasteiger partial charge >= 0.3 is 0 Å². The van der Waals surface area contributed by atoms with Gasteiger partial charge in [-0.2, -0.15) is 0 Å². The predicted octanol–water partition coefficient (Wildman–Crippen LogP) is -2.41. The van der Waals surface area contributed by atoms with Gasteiger partial charge in [0.2, 0.25) is 65.0 Å². The number of nitrogens with zero attached hydrogens (tertiary/aromatic N) is 3. The maximum Gasteiger partial charge on any atom is 0.251 e. The van der Waals surface area contributed by atoms with Crippen molar-refractivity contribution in [3.8, 4) is 0 Å². The van der Waals surface area contributed by atoms with Gasteiger partial charge in [0.15, 0.2) is 5.96 Å². The van der Waals surface area contributed by atoms with Crippen molar-refractivity contribution in [3.63, 3.8) is 0 Å². The van der Waals surface area contributed by atoms with Crippen molar-refractivity contribution in [2.24, 2.45) is 52.7 Å². The molecule has 0 aliphatic carbocycles. The SMILES string of the molecule is CC(C)C[C@H](NC(=O)C[C@H](O)[C@H](CC(C)C)NC(=O)[C@H](Cc1cncn1C)NC(=O)CNC(=O)[C@@H](NC(=O)[C@H](C)NC(=O)[C@H](Cc1c[nH]c2ccccc12)NC(=O)[C@H](CCC(N)=O)NC(=O)[C@H](CO)NC(=O)[C@H](CCCN=C(N)N)NC(=O)c1ccc([18F])c(Cl)c1)C(C)C)C(N)=O. The van der Waals surface area contributed by atoms with Gasteiger partial charge < -0.3 is 95.9 Å². The van der Waals surface area contributed by atoms with Gasteiger partial charge in [-0.15, -0.1) is 0 Å². The Balaban J connectivity index is 1.50. The van der Waals surface area contributed by atoms with E-state index in [0.29, 0.717) is 22.2 Å². The zero-order chi connectivity index (χ0) is 72.4. The minimum atomic E-state index is -1.81. The quantitative estimate of drug-likeness (QED) is 0.0125. The van der Waals surface area contributed by atoms with Crippen molar-refractivity contribution in [3.05, 3.63) is 88.8 Å². The number of guanidine groups is 1. The van der Waals surface area contributed by atoms with E-state index < -0.39 is 176 Å². The summed E-state index contributed by atoms with van der Waals surface area (Å²) in [6.45, 7) is 10.1. The number of H-pyrrole nitrogens is 1. The average molecular weight is 1380 g/mol. The fourth-order valence-corrected chi connectivity index (χ4v) is 10.2. The summed E-state index contributed by atoms with van der Waals surface area (Å²) >= 11 is 5.88. The van der Waals surface area contributed by atoms with E-state index in [2.05, 4.69) is 68.1 Å². The summed E-state index contributed by atoms with van der Waals surface area (Å²) in [5, 5.41) is 47.3. The molecule has 32 nitrogen and oxygen atoms in total. The number of aromatic nitrogens is 3. The summed E-state index contributed by atoms with van der Waals surface area (Å²) in [4.78, 5) is 174. The Morgan fingerprint density at radius 3 is 1.87 bits per heavy atom. The molecule has 2 aromatic heterocycles. The Morgan fingerprint density at radius 2 is 1.27 bits per heavy atom. The number of rotatable bonds is 40. The first kappa shape index (κ1) is 79.7. The molecule has 532 valence electrons. The third kappa shape index (κ3) is 26.4. The van der Waals surface area contributed by atoms with Crippen LogP contribution < -0.4 is 76.1 Å². The maximum absolute atomic E-state index is 14.5. The molecule has 0 saturated heterocycles. The number of imidazole rings is 1. The predicted molar refractivity (Wildman–Crippen MR) is 355 cm³/mol. The number of nitrogens with one attached hydrogen (secondary N) is 11. The van der Waals surface area contributed by atoms with Gasteiger partial charge in [0.25, 0.3) is 5.91 Å². The molecule has 4 aromatic rings. The summed E-state index contributed by atoms with van der Waals surface area (Å²) in [5.74, 6) is -12.5. The van der Waals surface area contributed by atoms with Crippen LogP contribution in [-0.4, -0.2) is 182 Å². The highest BCUT2D eigenvalue weighted by molar-refractivity contribution is 6.31. The molecule has 0 unspecified atom stereocenters. The molecular formula is C63H92ClFN18O14. The Labute approximate surface area is 565 Å². The Hall–Kier alpha value is -9.76. The summed E-state index contributed by atoms with van der Waals surface area (Å²) in [7, 11) is 1.67. The number of fused-ring (bicyclic) bond motifs is 1. The molecule has 34 heteroatoms. The van der Waals surface area contributed by atoms with E-state index in [1.165, 1.54) is 19.4 Å². The summed E-state index contributed by atoms with van der Waals surface area (Å²) in [6, 6.07) is -2.52. The van der Waals surface area contributed by atoms with E-state index in [1.807, 2.05) is 27.7 Å². The largest absolute Gasteiger partial charge is 0.394 e. The van der Waals surface area contributed by atoms with Crippen molar-refractivity contribution in [2.45, 2.75) is 167 Å². The van der Waals surface area contributed by atoms with Gasteiger partial charge in [-0.3, -0.25) is 62.5 Å². The highest BCUT2D eigenvalue weighted by Crippen LogP contribution is 2.21.